The molecule has 5 atom stereocenters. The molecule has 2 heteroatoms. The van der Waals surface area contributed by atoms with Crippen molar-refractivity contribution in [1.29, 1.82) is 0 Å². The zero-order valence-electron chi connectivity index (χ0n) is 15.7. The first-order valence-electron chi connectivity index (χ1n) is 9.62. The highest BCUT2D eigenvalue weighted by atomic mass is 16.5. The second kappa shape index (κ2) is 5.93. The van der Waals surface area contributed by atoms with Crippen molar-refractivity contribution in [1.82, 2.24) is 0 Å². The van der Waals surface area contributed by atoms with E-state index in [1.165, 1.54) is 25.7 Å². The number of fused-ring (bicyclic) bond motifs is 3. The number of carbonyl (C=O) groups is 1. The van der Waals surface area contributed by atoms with Crippen LogP contribution < -0.4 is 0 Å². The lowest BCUT2D eigenvalue weighted by Crippen LogP contribution is -2.54. The number of hydrogen-bond donors (Lipinski definition) is 0. The van der Waals surface area contributed by atoms with Crippen LogP contribution in [0.5, 0.6) is 0 Å². The summed E-state index contributed by atoms with van der Waals surface area (Å²) in [5.74, 6) is 2.71. The molecule has 3 aliphatic carbocycles. The second-order valence-electron chi connectivity index (χ2n) is 9.14. The summed E-state index contributed by atoms with van der Waals surface area (Å²) < 4.78 is 5.22. The molecule has 0 heterocycles. The maximum atomic E-state index is 12.6. The summed E-state index contributed by atoms with van der Waals surface area (Å²) in [6.45, 7) is 9.36. The number of carbonyl (C=O) groups excluding carboxylic acids is 1. The van der Waals surface area contributed by atoms with Crippen molar-refractivity contribution in [2.45, 2.75) is 72.6 Å². The fourth-order valence-electron chi connectivity index (χ4n) is 6.32. The van der Waals surface area contributed by atoms with Gasteiger partial charge in [0.25, 0.3) is 0 Å². The summed E-state index contributed by atoms with van der Waals surface area (Å²) in [4.78, 5) is 12.6. The van der Waals surface area contributed by atoms with Crippen LogP contribution in [0.4, 0.5) is 0 Å². The van der Waals surface area contributed by atoms with E-state index >= 15 is 0 Å². The summed E-state index contributed by atoms with van der Waals surface area (Å²) in [5.41, 5.74) is 1.72. The molecule has 0 aromatic carbocycles. The molecular formula is C21H34O2. The van der Waals surface area contributed by atoms with Crippen LogP contribution in [0.2, 0.25) is 0 Å². The minimum atomic E-state index is -0.276. The van der Waals surface area contributed by atoms with Gasteiger partial charge in [0.1, 0.15) is 0 Å². The smallest absolute Gasteiger partial charge is 0.311 e. The van der Waals surface area contributed by atoms with Gasteiger partial charge in [0, 0.05) is 0 Å². The van der Waals surface area contributed by atoms with Crippen molar-refractivity contribution in [3.05, 3.63) is 11.6 Å². The Labute approximate surface area is 142 Å². The van der Waals surface area contributed by atoms with Crippen LogP contribution in [0.3, 0.4) is 0 Å². The van der Waals surface area contributed by atoms with Gasteiger partial charge in [0.05, 0.1) is 12.5 Å². The Morgan fingerprint density at radius 2 is 1.96 bits per heavy atom. The summed E-state index contributed by atoms with van der Waals surface area (Å²) in [5, 5.41) is 0. The van der Waals surface area contributed by atoms with Crippen LogP contribution in [-0.2, 0) is 9.53 Å². The lowest BCUT2D eigenvalue weighted by Gasteiger charge is -2.58. The zero-order valence-corrected chi connectivity index (χ0v) is 15.7. The van der Waals surface area contributed by atoms with E-state index in [9.17, 15) is 4.79 Å². The average Bonchev–Trinajstić information content (AvgIpc) is 2.53. The normalized spacial score (nSPS) is 43.4. The molecule has 0 radical (unpaired) electrons. The van der Waals surface area contributed by atoms with E-state index in [0.717, 1.165) is 31.1 Å². The van der Waals surface area contributed by atoms with Crippen molar-refractivity contribution in [3.8, 4) is 0 Å². The van der Waals surface area contributed by atoms with Gasteiger partial charge in [-0.1, -0.05) is 38.8 Å². The predicted octanol–water partition coefficient (Wildman–Crippen LogP) is 5.37. The van der Waals surface area contributed by atoms with Gasteiger partial charge in [-0.3, -0.25) is 4.79 Å². The molecule has 0 amide bonds. The van der Waals surface area contributed by atoms with Crippen LogP contribution in [0.1, 0.15) is 72.6 Å². The molecule has 2 fully saturated rings. The van der Waals surface area contributed by atoms with Crippen molar-refractivity contribution in [3.63, 3.8) is 0 Å². The van der Waals surface area contributed by atoms with E-state index < -0.39 is 0 Å². The highest BCUT2D eigenvalue weighted by molar-refractivity contribution is 5.77. The Bertz CT molecular complexity index is 506. The van der Waals surface area contributed by atoms with Gasteiger partial charge in [-0.2, -0.15) is 0 Å². The predicted molar refractivity (Wildman–Crippen MR) is 93.9 cm³/mol. The number of methoxy groups -OCH3 is 1. The van der Waals surface area contributed by atoms with Crippen LogP contribution in [0.25, 0.3) is 0 Å². The van der Waals surface area contributed by atoms with E-state index in [1.54, 1.807) is 12.7 Å². The van der Waals surface area contributed by atoms with Crippen LogP contribution in [0.15, 0.2) is 11.6 Å². The first kappa shape index (κ1) is 17.0. The Morgan fingerprint density at radius 3 is 2.61 bits per heavy atom. The van der Waals surface area contributed by atoms with Crippen LogP contribution >= 0.6 is 0 Å². The molecule has 0 N–H and O–H groups in total. The van der Waals surface area contributed by atoms with Crippen molar-refractivity contribution < 1.29 is 9.53 Å². The lowest BCUT2D eigenvalue weighted by molar-refractivity contribution is -0.168. The number of rotatable bonds is 2. The minimum Gasteiger partial charge on any atom is -0.469 e. The fraction of sp³-hybridized carbons (Fsp3) is 0.857. The third-order valence-electron chi connectivity index (χ3n) is 7.67. The lowest BCUT2D eigenvalue weighted by atomic mass is 9.45. The Kier molecular flexibility index (Phi) is 4.40. The molecule has 0 aromatic heterocycles. The maximum Gasteiger partial charge on any atom is 0.311 e. The zero-order chi connectivity index (χ0) is 16.8. The van der Waals surface area contributed by atoms with E-state index in [2.05, 4.69) is 33.8 Å². The molecule has 0 saturated heterocycles. The molecular weight excluding hydrogens is 284 g/mol. The Morgan fingerprint density at radius 1 is 1.22 bits per heavy atom. The number of hydrogen-bond acceptors (Lipinski definition) is 2. The Hall–Kier alpha value is -0.790. The number of esters is 1. The number of allylic oxidation sites excluding steroid dienone is 2. The van der Waals surface area contributed by atoms with Gasteiger partial charge in [-0.25, -0.2) is 0 Å². The maximum absolute atomic E-state index is 12.6. The van der Waals surface area contributed by atoms with E-state index in [-0.39, 0.29) is 16.8 Å². The molecule has 3 aliphatic rings. The van der Waals surface area contributed by atoms with Gasteiger partial charge in [0.2, 0.25) is 0 Å². The van der Waals surface area contributed by atoms with Crippen molar-refractivity contribution in [2.24, 2.45) is 34.5 Å². The molecule has 23 heavy (non-hydrogen) atoms. The first-order chi connectivity index (χ1) is 10.8. The van der Waals surface area contributed by atoms with Gasteiger partial charge < -0.3 is 4.74 Å². The summed E-state index contributed by atoms with van der Waals surface area (Å²) in [6, 6.07) is 0. The van der Waals surface area contributed by atoms with E-state index in [1.807, 2.05) is 0 Å². The third-order valence-corrected chi connectivity index (χ3v) is 7.67. The molecule has 2 nitrogen and oxygen atoms in total. The molecule has 3 rings (SSSR count). The van der Waals surface area contributed by atoms with Gasteiger partial charge in [0.15, 0.2) is 0 Å². The summed E-state index contributed by atoms with van der Waals surface area (Å²) in [6.07, 6.45) is 11.1. The molecule has 0 spiro atoms. The molecule has 0 bridgehead atoms. The van der Waals surface area contributed by atoms with E-state index in [4.69, 9.17) is 4.74 Å². The second-order valence-corrected chi connectivity index (χ2v) is 9.14. The van der Waals surface area contributed by atoms with Crippen molar-refractivity contribution in [2.75, 3.05) is 7.11 Å². The summed E-state index contributed by atoms with van der Waals surface area (Å²) in [7, 11) is 1.56. The molecule has 2 saturated carbocycles. The first-order valence-corrected chi connectivity index (χ1v) is 9.62. The number of ether oxygens (including phenoxy) is 1. The topological polar surface area (TPSA) is 26.3 Å². The third kappa shape index (κ3) is 2.57. The molecule has 130 valence electrons. The molecule has 0 unspecified atom stereocenters. The average molecular weight is 319 g/mol. The molecule has 0 aliphatic heterocycles. The largest absolute Gasteiger partial charge is 0.469 e. The standard InChI is InChI=1S/C21H34O2/c1-14(2)15-7-9-17-16(13-15)8-10-18-20(17,3)11-6-12-21(18,4)19(22)23-5/h13-15,17-18H,6-12H2,1-5H3/t15-,17-,18+,20+,21+/m0/s1. The van der Waals surface area contributed by atoms with Gasteiger partial charge in [-0.05, 0) is 74.5 Å². The monoisotopic (exact) mass is 318 g/mol. The van der Waals surface area contributed by atoms with Crippen LogP contribution in [0, 0.1) is 34.5 Å². The SMILES string of the molecule is COC(=O)[C@]1(C)CCC[C@@]2(C)[C@H]1CCC1=C[C@@H](C(C)C)CC[C@@H]12. The molecule has 0 aromatic rings. The highest BCUT2D eigenvalue weighted by Gasteiger charge is 2.58. The van der Waals surface area contributed by atoms with Crippen LogP contribution in [-0.4, -0.2) is 13.1 Å². The fourth-order valence-corrected chi connectivity index (χ4v) is 6.32. The van der Waals surface area contributed by atoms with Gasteiger partial charge in [-0.15, -0.1) is 0 Å². The Balaban J connectivity index is 1.93. The minimum absolute atomic E-state index is 0.0247. The summed E-state index contributed by atoms with van der Waals surface area (Å²) >= 11 is 0. The van der Waals surface area contributed by atoms with E-state index in [0.29, 0.717) is 11.8 Å². The van der Waals surface area contributed by atoms with Crippen molar-refractivity contribution >= 4 is 5.97 Å². The van der Waals surface area contributed by atoms with Gasteiger partial charge >= 0.3 is 5.97 Å². The quantitative estimate of drug-likeness (QED) is 0.505. The highest BCUT2D eigenvalue weighted by Crippen LogP contribution is 2.63.